The van der Waals surface area contributed by atoms with E-state index >= 15 is 0 Å². The van der Waals surface area contributed by atoms with Crippen LogP contribution < -0.4 is 5.32 Å². The summed E-state index contributed by atoms with van der Waals surface area (Å²) in [6.45, 7) is 10.1. The molecular formula is C21H35N3O3. The van der Waals surface area contributed by atoms with Gasteiger partial charge in [0.1, 0.15) is 0 Å². The minimum atomic E-state index is -1.01. The summed E-state index contributed by atoms with van der Waals surface area (Å²) >= 11 is 0. The summed E-state index contributed by atoms with van der Waals surface area (Å²) in [5.74, 6) is 0. The van der Waals surface area contributed by atoms with Crippen LogP contribution in [0.5, 0.6) is 0 Å². The van der Waals surface area contributed by atoms with Crippen LogP contribution in [0.4, 0.5) is 10.5 Å². The lowest BCUT2D eigenvalue weighted by Crippen LogP contribution is -2.36. The first-order chi connectivity index (χ1) is 12.8. The second-order valence-electron chi connectivity index (χ2n) is 8.29. The van der Waals surface area contributed by atoms with Crippen molar-refractivity contribution in [3.63, 3.8) is 0 Å². The fourth-order valence-electron chi connectivity index (χ4n) is 4.06. The van der Waals surface area contributed by atoms with Crippen LogP contribution in [0.3, 0.4) is 0 Å². The van der Waals surface area contributed by atoms with Crippen molar-refractivity contribution < 1.29 is 14.6 Å². The highest BCUT2D eigenvalue weighted by Gasteiger charge is 2.26. The Morgan fingerprint density at radius 1 is 1.26 bits per heavy atom. The van der Waals surface area contributed by atoms with Gasteiger partial charge in [0, 0.05) is 30.7 Å². The first-order valence-corrected chi connectivity index (χ1v) is 9.87. The van der Waals surface area contributed by atoms with E-state index in [4.69, 9.17) is 4.74 Å². The highest BCUT2D eigenvalue weighted by atomic mass is 16.5. The summed E-state index contributed by atoms with van der Waals surface area (Å²) in [7, 11) is 4.15. The van der Waals surface area contributed by atoms with E-state index in [0.717, 1.165) is 69.9 Å². The molecule has 1 aliphatic heterocycles. The van der Waals surface area contributed by atoms with Gasteiger partial charge in [0.25, 0.3) is 0 Å². The number of unbranched alkanes of at least 4 members (excludes halogenated alkanes) is 1. The van der Waals surface area contributed by atoms with Crippen LogP contribution >= 0.6 is 0 Å². The van der Waals surface area contributed by atoms with Crippen molar-refractivity contribution in [2.45, 2.75) is 38.5 Å². The maximum atomic E-state index is 11.3. The van der Waals surface area contributed by atoms with Crippen molar-refractivity contribution >= 4 is 11.8 Å². The maximum Gasteiger partial charge on any atom is 0.409 e. The van der Waals surface area contributed by atoms with Gasteiger partial charge in [-0.1, -0.05) is 26.0 Å². The Hall–Kier alpha value is -1.63. The third-order valence-corrected chi connectivity index (χ3v) is 5.11. The number of hydrogen-bond acceptors (Lipinski definition) is 4. The minimum Gasteiger partial charge on any atom is -0.465 e. The number of ether oxygens (including phenoxy) is 1. The molecule has 0 unspecified atom stereocenters. The molecule has 1 heterocycles. The topological polar surface area (TPSA) is 65.0 Å². The van der Waals surface area contributed by atoms with Gasteiger partial charge >= 0.3 is 6.09 Å². The van der Waals surface area contributed by atoms with Crippen molar-refractivity contribution in [2.24, 2.45) is 0 Å². The average Bonchev–Trinajstić information content (AvgIpc) is 2.59. The molecule has 0 aromatic heterocycles. The smallest absolute Gasteiger partial charge is 0.409 e. The standard InChI is InChI=1S/C21H35N3O3/c1-21(2,16-23(3)4)18-9-7-10-19(22-20(25)26)17(18)8-5-6-11-24-12-14-27-15-13-24/h7,9-10,22H,5-6,8,11-16H2,1-4H3,(H,25,26). The van der Waals surface area contributed by atoms with Gasteiger partial charge in [-0.2, -0.15) is 0 Å². The molecule has 1 fully saturated rings. The number of rotatable bonds is 9. The second kappa shape index (κ2) is 10.1. The van der Waals surface area contributed by atoms with Gasteiger partial charge in [0.05, 0.1) is 13.2 Å². The third kappa shape index (κ3) is 6.79. The zero-order valence-electron chi connectivity index (χ0n) is 17.3. The molecule has 0 saturated carbocycles. The SMILES string of the molecule is CN(C)CC(C)(C)c1cccc(NC(=O)O)c1CCCCN1CCOCC1. The molecule has 1 saturated heterocycles. The van der Waals surface area contributed by atoms with E-state index in [1.165, 1.54) is 5.56 Å². The lowest BCUT2D eigenvalue weighted by Gasteiger charge is -2.32. The van der Waals surface area contributed by atoms with Crippen LogP contribution in [0.15, 0.2) is 18.2 Å². The number of benzene rings is 1. The monoisotopic (exact) mass is 377 g/mol. The molecule has 6 heteroatoms. The number of carbonyl (C=O) groups is 1. The van der Waals surface area contributed by atoms with Crippen LogP contribution in [0.1, 0.15) is 37.8 Å². The van der Waals surface area contributed by atoms with Gasteiger partial charge in [-0.05, 0) is 57.1 Å². The quantitative estimate of drug-likeness (QED) is 0.647. The normalized spacial score (nSPS) is 15.9. The van der Waals surface area contributed by atoms with Crippen molar-refractivity contribution in [3.8, 4) is 0 Å². The maximum absolute atomic E-state index is 11.3. The van der Waals surface area contributed by atoms with E-state index in [0.29, 0.717) is 0 Å². The van der Waals surface area contributed by atoms with Crippen molar-refractivity contribution in [1.29, 1.82) is 0 Å². The predicted molar refractivity (Wildman–Crippen MR) is 110 cm³/mol. The first kappa shape index (κ1) is 21.7. The summed E-state index contributed by atoms with van der Waals surface area (Å²) in [4.78, 5) is 15.9. The molecule has 0 bridgehead atoms. The fraction of sp³-hybridized carbons (Fsp3) is 0.667. The van der Waals surface area contributed by atoms with E-state index in [1.54, 1.807) is 0 Å². The zero-order valence-corrected chi connectivity index (χ0v) is 17.3. The molecule has 2 N–H and O–H groups in total. The van der Waals surface area contributed by atoms with Crippen molar-refractivity contribution in [1.82, 2.24) is 9.80 Å². The van der Waals surface area contributed by atoms with Gasteiger partial charge in [-0.15, -0.1) is 0 Å². The highest BCUT2D eigenvalue weighted by molar-refractivity contribution is 5.84. The summed E-state index contributed by atoms with van der Waals surface area (Å²) in [6, 6.07) is 5.98. The molecule has 0 aliphatic carbocycles. The molecule has 6 nitrogen and oxygen atoms in total. The molecule has 0 atom stereocenters. The minimum absolute atomic E-state index is 0.0563. The van der Waals surface area contributed by atoms with Gasteiger partial charge in [0.15, 0.2) is 0 Å². The number of hydrogen-bond donors (Lipinski definition) is 2. The van der Waals surface area contributed by atoms with E-state index in [9.17, 15) is 9.90 Å². The Morgan fingerprint density at radius 3 is 2.59 bits per heavy atom. The van der Waals surface area contributed by atoms with E-state index in [1.807, 2.05) is 12.1 Å². The van der Waals surface area contributed by atoms with Crippen molar-refractivity contribution in [3.05, 3.63) is 29.3 Å². The molecule has 0 radical (unpaired) electrons. The molecule has 27 heavy (non-hydrogen) atoms. The Bertz CT molecular complexity index is 611. The fourth-order valence-corrected chi connectivity index (χ4v) is 4.06. The van der Waals surface area contributed by atoms with Gasteiger partial charge in [0.2, 0.25) is 0 Å². The molecule has 1 aromatic rings. The van der Waals surface area contributed by atoms with Crippen LogP contribution in [-0.2, 0) is 16.6 Å². The Labute approximate surface area is 163 Å². The van der Waals surface area contributed by atoms with Crippen LogP contribution in [0.2, 0.25) is 0 Å². The molecular weight excluding hydrogens is 342 g/mol. The molecule has 1 amide bonds. The highest BCUT2D eigenvalue weighted by Crippen LogP contribution is 2.32. The van der Waals surface area contributed by atoms with Crippen LogP contribution in [-0.4, -0.2) is 74.5 Å². The molecule has 2 rings (SSSR count). The second-order valence-corrected chi connectivity index (χ2v) is 8.29. The molecule has 1 aliphatic rings. The molecule has 152 valence electrons. The largest absolute Gasteiger partial charge is 0.465 e. The number of likely N-dealkylation sites (N-methyl/N-ethyl adjacent to an activating group) is 1. The predicted octanol–water partition coefficient (Wildman–Crippen LogP) is 3.27. The lowest BCUT2D eigenvalue weighted by molar-refractivity contribution is 0.0372. The third-order valence-electron chi connectivity index (χ3n) is 5.11. The lowest BCUT2D eigenvalue weighted by atomic mass is 9.79. The number of carboxylic acid groups (broad SMARTS) is 1. The molecule has 0 spiro atoms. The number of morpholine rings is 1. The van der Waals surface area contributed by atoms with Gasteiger partial charge < -0.3 is 14.7 Å². The average molecular weight is 378 g/mol. The summed E-state index contributed by atoms with van der Waals surface area (Å²) < 4.78 is 5.40. The van der Waals surface area contributed by atoms with Gasteiger partial charge in [-0.3, -0.25) is 10.2 Å². The first-order valence-electron chi connectivity index (χ1n) is 9.87. The van der Waals surface area contributed by atoms with Gasteiger partial charge in [-0.25, -0.2) is 4.79 Å². The molecule has 1 aromatic carbocycles. The number of amides is 1. The Kier molecular flexibility index (Phi) is 8.07. The number of nitrogens with zero attached hydrogens (tertiary/aromatic N) is 2. The zero-order chi connectivity index (χ0) is 19.9. The van der Waals surface area contributed by atoms with Crippen LogP contribution in [0.25, 0.3) is 0 Å². The number of nitrogens with one attached hydrogen (secondary N) is 1. The Morgan fingerprint density at radius 2 is 1.96 bits per heavy atom. The van der Waals surface area contributed by atoms with E-state index in [-0.39, 0.29) is 5.41 Å². The summed E-state index contributed by atoms with van der Waals surface area (Å²) in [6.07, 6.45) is 2.02. The summed E-state index contributed by atoms with van der Waals surface area (Å²) in [5.41, 5.74) is 3.03. The van der Waals surface area contributed by atoms with E-state index < -0.39 is 6.09 Å². The summed E-state index contributed by atoms with van der Waals surface area (Å²) in [5, 5.41) is 11.8. The Balaban J connectivity index is 2.11. The number of anilines is 1. The van der Waals surface area contributed by atoms with Crippen LogP contribution in [0, 0.1) is 0 Å². The van der Waals surface area contributed by atoms with E-state index in [2.05, 4.69) is 49.1 Å². The van der Waals surface area contributed by atoms with Crippen molar-refractivity contribution in [2.75, 3.05) is 58.8 Å².